The zero-order valence-electron chi connectivity index (χ0n) is 11.9. The molecule has 0 aromatic carbocycles. The summed E-state index contributed by atoms with van der Waals surface area (Å²) in [5, 5.41) is 2.69. The average molecular weight is 258 g/mol. The smallest absolute Gasteiger partial charge is 0.224 e. The van der Waals surface area contributed by atoms with Crippen LogP contribution in [0.1, 0.15) is 27.2 Å². The van der Waals surface area contributed by atoms with E-state index in [0.717, 1.165) is 11.1 Å². The van der Waals surface area contributed by atoms with Gasteiger partial charge >= 0.3 is 0 Å². The highest BCUT2D eigenvalue weighted by Gasteiger charge is 1.97. The third-order valence-electron chi connectivity index (χ3n) is 2.31. The van der Waals surface area contributed by atoms with Crippen molar-refractivity contribution in [2.45, 2.75) is 27.2 Å². The van der Waals surface area contributed by atoms with Crippen LogP contribution in [-0.4, -0.2) is 12.1 Å². The molecule has 0 saturated carbocycles. The van der Waals surface area contributed by atoms with Crippen LogP contribution >= 0.6 is 0 Å². The van der Waals surface area contributed by atoms with E-state index >= 15 is 0 Å². The van der Waals surface area contributed by atoms with E-state index in [4.69, 9.17) is 0 Å². The first-order valence-corrected chi connectivity index (χ1v) is 6.19. The summed E-state index contributed by atoms with van der Waals surface area (Å²) in [6, 6.07) is 0. The Morgan fingerprint density at radius 1 is 1.37 bits per heavy atom. The highest BCUT2D eigenvalue weighted by atomic mass is 16.1. The molecule has 19 heavy (non-hydrogen) atoms. The van der Waals surface area contributed by atoms with Crippen LogP contribution in [0.2, 0.25) is 0 Å². The predicted octanol–water partition coefficient (Wildman–Crippen LogP) is 3.69. The van der Waals surface area contributed by atoms with E-state index in [1.807, 2.05) is 26.0 Å². The van der Waals surface area contributed by atoms with Gasteiger partial charge in [-0.1, -0.05) is 38.3 Å². The van der Waals surface area contributed by atoms with Gasteiger partial charge in [0.1, 0.15) is 0 Å². The average Bonchev–Trinajstić information content (AvgIpc) is 2.39. The third-order valence-corrected chi connectivity index (χ3v) is 2.31. The topological polar surface area (TPSA) is 41.5 Å². The Bertz CT molecular complexity index is 451. The first kappa shape index (κ1) is 16.8. The van der Waals surface area contributed by atoms with Crippen molar-refractivity contribution in [1.29, 1.82) is 0 Å². The van der Waals surface area contributed by atoms with E-state index in [0.29, 0.717) is 12.1 Å². The van der Waals surface area contributed by atoms with Crippen molar-refractivity contribution in [2.75, 3.05) is 0 Å². The number of nitrogens with zero attached hydrogens (tertiary/aromatic N) is 1. The first-order valence-electron chi connectivity index (χ1n) is 6.19. The molecule has 1 amide bonds. The number of aliphatic imine (C=N–C) groups is 1. The zero-order chi connectivity index (χ0) is 14.7. The summed E-state index contributed by atoms with van der Waals surface area (Å²) >= 11 is 0. The van der Waals surface area contributed by atoms with Crippen LogP contribution in [0.3, 0.4) is 0 Å². The van der Waals surface area contributed by atoms with Crippen LogP contribution in [0.15, 0.2) is 65.5 Å². The fourth-order valence-electron chi connectivity index (χ4n) is 1.25. The van der Waals surface area contributed by atoms with Gasteiger partial charge in [-0.2, -0.15) is 0 Å². The fraction of sp³-hybridized carbons (Fsp3) is 0.250. The van der Waals surface area contributed by atoms with E-state index in [1.54, 1.807) is 31.5 Å². The molecular weight excluding hydrogens is 236 g/mol. The number of hydrogen-bond donors (Lipinski definition) is 1. The molecule has 3 nitrogen and oxygen atoms in total. The standard InChI is InChI=1S/C16H22N2O/c1-6-11-17-12-13(4)15(7-2)10-9-14(5)18-16(19)8-3/h6-7,9-12H,1,5,8H2,2-4H3,(H,18,19)/b10-9-,13-12+,15-7?,17-11-. The maximum absolute atomic E-state index is 11.2. The van der Waals surface area contributed by atoms with Gasteiger partial charge in [-0.25, -0.2) is 0 Å². The number of nitrogens with one attached hydrogen (secondary N) is 1. The molecule has 0 spiro atoms. The minimum absolute atomic E-state index is 0.0421. The van der Waals surface area contributed by atoms with Gasteiger partial charge in [-0.3, -0.25) is 9.79 Å². The van der Waals surface area contributed by atoms with Crippen molar-refractivity contribution < 1.29 is 4.79 Å². The van der Waals surface area contributed by atoms with Crippen LogP contribution < -0.4 is 5.32 Å². The van der Waals surface area contributed by atoms with Gasteiger partial charge in [0.25, 0.3) is 0 Å². The molecule has 1 N–H and O–H groups in total. The second-order valence-electron chi connectivity index (χ2n) is 3.85. The Balaban J connectivity index is 4.69. The maximum Gasteiger partial charge on any atom is 0.224 e. The van der Waals surface area contributed by atoms with Crippen molar-refractivity contribution in [1.82, 2.24) is 5.32 Å². The van der Waals surface area contributed by atoms with Crippen LogP contribution in [0.25, 0.3) is 0 Å². The van der Waals surface area contributed by atoms with Gasteiger partial charge in [0, 0.05) is 24.5 Å². The minimum atomic E-state index is -0.0421. The largest absolute Gasteiger partial charge is 0.327 e. The number of carbonyl (C=O) groups excluding carboxylic acids is 1. The number of hydrogen-bond acceptors (Lipinski definition) is 2. The molecule has 0 rings (SSSR count). The summed E-state index contributed by atoms with van der Waals surface area (Å²) < 4.78 is 0. The van der Waals surface area contributed by atoms with Crippen LogP contribution in [-0.2, 0) is 4.79 Å². The first-order chi connectivity index (χ1) is 9.04. The summed E-state index contributed by atoms with van der Waals surface area (Å²) in [5.74, 6) is -0.0421. The molecule has 0 saturated heterocycles. The van der Waals surface area contributed by atoms with Gasteiger partial charge in [-0.05, 0) is 31.1 Å². The second-order valence-corrected chi connectivity index (χ2v) is 3.85. The van der Waals surface area contributed by atoms with E-state index in [9.17, 15) is 4.79 Å². The van der Waals surface area contributed by atoms with Crippen LogP contribution in [0.4, 0.5) is 0 Å². The molecule has 0 heterocycles. The Labute approximate surface area is 115 Å². The van der Waals surface area contributed by atoms with Crippen LogP contribution in [0, 0.1) is 0 Å². The second kappa shape index (κ2) is 9.83. The van der Waals surface area contributed by atoms with Crippen molar-refractivity contribution in [3.8, 4) is 0 Å². The molecule has 102 valence electrons. The number of carbonyl (C=O) groups is 1. The van der Waals surface area contributed by atoms with Gasteiger partial charge in [0.05, 0.1) is 0 Å². The molecule has 0 unspecified atom stereocenters. The summed E-state index contributed by atoms with van der Waals surface area (Å²) in [5.41, 5.74) is 2.62. The van der Waals surface area contributed by atoms with Gasteiger partial charge < -0.3 is 5.32 Å². The Morgan fingerprint density at radius 2 is 2.05 bits per heavy atom. The minimum Gasteiger partial charge on any atom is -0.327 e. The Morgan fingerprint density at radius 3 is 2.58 bits per heavy atom. The van der Waals surface area contributed by atoms with Crippen molar-refractivity contribution in [2.24, 2.45) is 4.99 Å². The molecule has 0 atom stereocenters. The maximum atomic E-state index is 11.2. The predicted molar refractivity (Wildman–Crippen MR) is 82.9 cm³/mol. The lowest BCUT2D eigenvalue weighted by molar-refractivity contribution is -0.119. The van der Waals surface area contributed by atoms with E-state index < -0.39 is 0 Å². The zero-order valence-corrected chi connectivity index (χ0v) is 11.9. The highest BCUT2D eigenvalue weighted by molar-refractivity contribution is 5.77. The van der Waals surface area contributed by atoms with Crippen molar-refractivity contribution in [3.63, 3.8) is 0 Å². The monoisotopic (exact) mass is 258 g/mol. The van der Waals surface area contributed by atoms with Crippen molar-refractivity contribution in [3.05, 3.63) is 60.5 Å². The van der Waals surface area contributed by atoms with E-state index in [1.165, 1.54) is 0 Å². The SMILES string of the molecule is C=C/C=N\C=C(/C)C(=CC)/C=C\C(=C)NC(=O)CC. The normalized spacial score (nSPS) is 13.0. The summed E-state index contributed by atoms with van der Waals surface area (Å²) in [7, 11) is 0. The molecule has 0 aromatic rings. The molecular formula is C16H22N2O. The fourth-order valence-corrected chi connectivity index (χ4v) is 1.25. The quantitative estimate of drug-likeness (QED) is 0.549. The van der Waals surface area contributed by atoms with E-state index in [-0.39, 0.29) is 5.91 Å². The molecule has 0 aliphatic rings. The Kier molecular flexibility index (Phi) is 8.71. The van der Waals surface area contributed by atoms with Crippen molar-refractivity contribution >= 4 is 12.1 Å². The molecule has 0 bridgehead atoms. The summed E-state index contributed by atoms with van der Waals surface area (Å²) in [4.78, 5) is 15.3. The molecule has 0 aliphatic carbocycles. The summed E-state index contributed by atoms with van der Waals surface area (Å²) in [6.45, 7) is 13.0. The number of allylic oxidation sites excluding steroid dienone is 6. The molecule has 0 aromatic heterocycles. The summed E-state index contributed by atoms with van der Waals surface area (Å²) in [6.07, 6.45) is 11.1. The van der Waals surface area contributed by atoms with Gasteiger partial charge in [-0.15, -0.1) is 0 Å². The van der Waals surface area contributed by atoms with E-state index in [2.05, 4.69) is 23.5 Å². The highest BCUT2D eigenvalue weighted by Crippen LogP contribution is 2.11. The lowest BCUT2D eigenvalue weighted by Gasteiger charge is -2.03. The molecule has 0 aliphatic heterocycles. The lowest BCUT2D eigenvalue weighted by Crippen LogP contribution is -2.19. The lowest BCUT2D eigenvalue weighted by atomic mass is 10.1. The molecule has 3 heteroatoms. The van der Waals surface area contributed by atoms with Gasteiger partial charge in [0.2, 0.25) is 5.91 Å². The van der Waals surface area contributed by atoms with Crippen LogP contribution in [0.5, 0.6) is 0 Å². The Hall–Kier alpha value is -2.16. The molecule has 0 fully saturated rings. The molecule has 0 radical (unpaired) electrons. The third kappa shape index (κ3) is 7.71. The number of amides is 1. The number of rotatable bonds is 7. The van der Waals surface area contributed by atoms with Gasteiger partial charge in [0.15, 0.2) is 0 Å².